The molecule has 0 aromatic heterocycles. The average Bonchev–Trinajstić information content (AvgIpc) is 2.64. The monoisotopic (exact) mass is 509 g/mol. The van der Waals surface area contributed by atoms with Gasteiger partial charge in [-0.2, -0.15) is 5.10 Å². The van der Waals surface area contributed by atoms with Gasteiger partial charge in [0.05, 0.1) is 15.2 Å². The van der Waals surface area contributed by atoms with Gasteiger partial charge in [0.2, 0.25) is 0 Å². The smallest absolute Gasteiger partial charge is 0.262 e. The number of hydrogen-bond acceptors (Lipinski definition) is 4. The third-order valence-electron chi connectivity index (χ3n) is 3.98. The van der Waals surface area contributed by atoms with Crippen LogP contribution in [0.2, 0.25) is 0 Å². The zero-order valence-corrected chi connectivity index (χ0v) is 18.8. The van der Waals surface area contributed by atoms with E-state index in [4.69, 9.17) is 0 Å². The van der Waals surface area contributed by atoms with E-state index in [0.717, 1.165) is 5.56 Å². The van der Waals surface area contributed by atoms with Crippen molar-refractivity contribution in [3.05, 3.63) is 62.0 Å². The summed E-state index contributed by atoms with van der Waals surface area (Å²) in [4.78, 5) is 24.9. The fourth-order valence-electron chi connectivity index (χ4n) is 2.36. The molecular weight excluding hydrogens is 490 g/mol. The second-order valence-corrected chi connectivity index (χ2v) is 8.34. The molecule has 28 heavy (non-hydrogen) atoms. The van der Waals surface area contributed by atoms with Crippen LogP contribution in [0.3, 0.4) is 0 Å². The molecule has 1 unspecified atom stereocenters. The maximum Gasteiger partial charge on any atom is 0.262 e. The van der Waals surface area contributed by atoms with Gasteiger partial charge < -0.3 is 10.4 Å². The number of amides is 2. The molecular formula is C20H21Br2N3O3. The van der Waals surface area contributed by atoms with E-state index in [0.29, 0.717) is 20.1 Å². The van der Waals surface area contributed by atoms with Crippen LogP contribution in [0.1, 0.15) is 35.3 Å². The normalized spacial score (nSPS) is 12.2. The molecule has 6 nitrogen and oxygen atoms in total. The molecule has 0 spiro atoms. The molecule has 0 aliphatic rings. The number of nitrogens with one attached hydrogen (secondary N) is 2. The minimum Gasteiger partial charge on any atom is -0.506 e. The SMILES string of the molecule is Cc1ccc(C(=O)NC(C(=O)NN=Cc2cc(Br)c(O)c(Br)c2)C(C)C)cc1. The summed E-state index contributed by atoms with van der Waals surface area (Å²) in [5.41, 5.74) is 4.67. The first-order valence-corrected chi connectivity index (χ1v) is 10.2. The van der Waals surface area contributed by atoms with Crippen molar-refractivity contribution in [2.45, 2.75) is 26.8 Å². The number of phenolic OH excluding ortho intramolecular Hbond substituents is 1. The molecule has 2 aromatic carbocycles. The third kappa shape index (κ3) is 5.90. The van der Waals surface area contributed by atoms with Gasteiger partial charge in [-0.25, -0.2) is 5.43 Å². The van der Waals surface area contributed by atoms with Crippen LogP contribution in [0.15, 0.2) is 50.4 Å². The van der Waals surface area contributed by atoms with Crippen molar-refractivity contribution in [1.29, 1.82) is 0 Å². The zero-order valence-electron chi connectivity index (χ0n) is 15.7. The first-order chi connectivity index (χ1) is 13.2. The lowest BCUT2D eigenvalue weighted by Gasteiger charge is -2.20. The van der Waals surface area contributed by atoms with Gasteiger partial charge in [-0.1, -0.05) is 31.5 Å². The van der Waals surface area contributed by atoms with Crippen molar-refractivity contribution in [1.82, 2.24) is 10.7 Å². The van der Waals surface area contributed by atoms with E-state index in [1.54, 1.807) is 24.3 Å². The number of rotatable bonds is 6. The van der Waals surface area contributed by atoms with E-state index in [1.165, 1.54) is 6.21 Å². The topological polar surface area (TPSA) is 90.8 Å². The summed E-state index contributed by atoms with van der Waals surface area (Å²) in [6, 6.07) is 9.72. The van der Waals surface area contributed by atoms with Gasteiger partial charge in [-0.3, -0.25) is 9.59 Å². The predicted octanol–water partition coefficient (Wildman–Crippen LogP) is 4.13. The standard InChI is InChI=1S/C20H21Br2N3O3/c1-11(2)17(24-19(27)14-6-4-12(3)5-7-14)20(28)25-23-10-13-8-15(21)18(26)16(22)9-13/h4-11,17,26H,1-3H3,(H,24,27)(H,25,28). The summed E-state index contributed by atoms with van der Waals surface area (Å²) in [5, 5.41) is 16.4. The number of benzene rings is 2. The van der Waals surface area contributed by atoms with Crippen LogP contribution in [0.5, 0.6) is 5.75 Å². The molecule has 0 fully saturated rings. The van der Waals surface area contributed by atoms with Crippen LogP contribution >= 0.6 is 31.9 Å². The highest BCUT2D eigenvalue weighted by Crippen LogP contribution is 2.32. The second kappa shape index (κ2) is 9.84. The van der Waals surface area contributed by atoms with Crippen LogP contribution < -0.4 is 10.7 Å². The maximum atomic E-state index is 12.5. The van der Waals surface area contributed by atoms with Gasteiger partial charge in [0.1, 0.15) is 11.8 Å². The first kappa shape index (κ1) is 22.1. The molecule has 2 amide bonds. The number of aryl methyl sites for hydroxylation is 1. The number of halogens is 2. The number of aromatic hydroxyl groups is 1. The Hall–Kier alpha value is -2.19. The van der Waals surface area contributed by atoms with Crippen LogP contribution in [0, 0.1) is 12.8 Å². The van der Waals surface area contributed by atoms with Crippen LogP contribution in [0.4, 0.5) is 0 Å². The van der Waals surface area contributed by atoms with Crippen molar-refractivity contribution in [2.24, 2.45) is 11.0 Å². The molecule has 8 heteroatoms. The molecule has 0 aliphatic heterocycles. The Bertz CT molecular complexity index is 873. The molecule has 2 aromatic rings. The summed E-state index contributed by atoms with van der Waals surface area (Å²) in [7, 11) is 0. The Morgan fingerprint density at radius 1 is 1.11 bits per heavy atom. The molecule has 0 radical (unpaired) electrons. The molecule has 0 saturated heterocycles. The molecule has 2 rings (SSSR count). The molecule has 3 N–H and O–H groups in total. The van der Waals surface area contributed by atoms with Gasteiger partial charge in [0, 0.05) is 5.56 Å². The van der Waals surface area contributed by atoms with Gasteiger partial charge in [-0.15, -0.1) is 0 Å². The van der Waals surface area contributed by atoms with Gasteiger partial charge in [-0.05, 0) is 74.5 Å². The van der Waals surface area contributed by atoms with Crippen molar-refractivity contribution >= 4 is 49.9 Å². The molecule has 0 bridgehead atoms. The Kier molecular flexibility index (Phi) is 7.77. The Morgan fingerprint density at radius 3 is 2.21 bits per heavy atom. The van der Waals surface area contributed by atoms with E-state index >= 15 is 0 Å². The highest BCUT2D eigenvalue weighted by atomic mass is 79.9. The molecule has 0 aliphatic carbocycles. The molecule has 0 saturated carbocycles. The minimum atomic E-state index is -0.732. The summed E-state index contributed by atoms with van der Waals surface area (Å²) in [6.07, 6.45) is 1.45. The van der Waals surface area contributed by atoms with Crippen LogP contribution in [-0.2, 0) is 4.79 Å². The van der Waals surface area contributed by atoms with E-state index in [1.807, 2.05) is 32.9 Å². The van der Waals surface area contributed by atoms with Crippen LogP contribution in [0.25, 0.3) is 0 Å². The van der Waals surface area contributed by atoms with Crippen molar-refractivity contribution < 1.29 is 14.7 Å². The fourth-order valence-corrected chi connectivity index (χ4v) is 3.59. The number of nitrogens with zero attached hydrogens (tertiary/aromatic N) is 1. The van der Waals surface area contributed by atoms with Gasteiger partial charge in [0.25, 0.3) is 11.8 Å². The molecule has 0 heterocycles. The Balaban J connectivity index is 2.04. The minimum absolute atomic E-state index is 0.0832. The Morgan fingerprint density at radius 2 is 1.68 bits per heavy atom. The lowest BCUT2D eigenvalue weighted by Crippen LogP contribution is -2.48. The second-order valence-electron chi connectivity index (χ2n) is 6.63. The quantitative estimate of drug-likeness (QED) is 0.403. The largest absolute Gasteiger partial charge is 0.506 e. The van der Waals surface area contributed by atoms with E-state index < -0.39 is 11.9 Å². The number of hydrazone groups is 1. The van der Waals surface area contributed by atoms with Gasteiger partial charge in [0.15, 0.2) is 0 Å². The average molecular weight is 511 g/mol. The lowest BCUT2D eigenvalue weighted by atomic mass is 10.0. The van der Waals surface area contributed by atoms with Crippen molar-refractivity contribution in [2.75, 3.05) is 0 Å². The summed E-state index contributed by atoms with van der Waals surface area (Å²) >= 11 is 6.47. The predicted molar refractivity (Wildman–Crippen MR) is 117 cm³/mol. The zero-order chi connectivity index (χ0) is 20.8. The lowest BCUT2D eigenvalue weighted by molar-refractivity contribution is -0.123. The first-order valence-electron chi connectivity index (χ1n) is 8.57. The highest BCUT2D eigenvalue weighted by Gasteiger charge is 2.24. The molecule has 1 atom stereocenters. The number of carbonyl (C=O) groups is 2. The summed E-state index contributed by atoms with van der Waals surface area (Å²) in [5.74, 6) is -0.769. The maximum absolute atomic E-state index is 12.5. The number of phenols is 1. The highest BCUT2D eigenvalue weighted by molar-refractivity contribution is 9.11. The van der Waals surface area contributed by atoms with E-state index in [9.17, 15) is 14.7 Å². The summed E-state index contributed by atoms with van der Waals surface area (Å²) < 4.78 is 1.00. The summed E-state index contributed by atoms with van der Waals surface area (Å²) in [6.45, 7) is 5.63. The number of carbonyl (C=O) groups excluding carboxylic acids is 2. The van der Waals surface area contributed by atoms with Crippen molar-refractivity contribution in [3.63, 3.8) is 0 Å². The van der Waals surface area contributed by atoms with E-state index in [-0.39, 0.29) is 17.6 Å². The number of hydrogen-bond donors (Lipinski definition) is 3. The van der Waals surface area contributed by atoms with Crippen molar-refractivity contribution in [3.8, 4) is 5.75 Å². The van der Waals surface area contributed by atoms with Crippen LogP contribution in [-0.4, -0.2) is 29.2 Å². The Labute approximate surface area is 180 Å². The third-order valence-corrected chi connectivity index (χ3v) is 5.19. The van der Waals surface area contributed by atoms with Gasteiger partial charge >= 0.3 is 0 Å². The molecule has 148 valence electrons. The van der Waals surface area contributed by atoms with E-state index in [2.05, 4.69) is 47.7 Å². The fraction of sp³-hybridized carbons (Fsp3) is 0.250.